The Bertz CT molecular complexity index is 4090. The van der Waals surface area contributed by atoms with Crippen LogP contribution in [0.25, 0.3) is 11.1 Å². The minimum absolute atomic E-state index is 0.0359. The van der Waals surface area contributed by atoms with Crippen molar-refractivity contribution in [2.24, 2.45) is 22.2 Å². The van der Waals surface area contributed by atoms with Gasteiger partial charge in [0.15, 0.2) is 5.78 Å². The molecule has 2 aliphatic carbocycles. The van der Waals surface area contributed by atoms with Gasteiger partial charge in [0.25, 0.3) is 0 Å². The van der Waals surface area contributed by atoms with E-state index in [1.54, 1.807) is 83.1 Å². The summed E-state index contributed by atoms with van der Waals surface area (Å²) in [5, 5.41) is 34.0. The van der Waals surface area contributed by atoms with Crippen molar-refractivity contribution in [3.63, 3.8) is 0 Å². The van der Waals surface area contributed by atoms with Crippen LogP contribution >= 0.6 is 11.8 Å². The van der Waals surface area contributed by atoms with Crippen LogP contribution in [-0.4, -0.2) is 222 Å². The van der Waals surface area contributed by atoms with Gasteiger partial charge in [0.05, 0.1) is 55.0 Å². The number of alkyl carbamates (subject to hydrolysis) is 1. The average molecular weight is 1760 g/mol. The fraction of sp³-hybridized carbons (Fsp3) is 0.622. The normalized spacial score (nSPS) is 16.0. The lowest BCUT2D eigenvalue weighted by Gasteiger charge is -2.35. The molecule has 0 aromatic heterocycles. The van der Waals surface area contributed by atoms with E-state index in [0.29, 0.717) is 18.6 Å². The minimum atomic E-state index is -1.94. The number of thioether (sulfide) groups is 1. The predicted molar refractivity (Wildman–Crippen MR) is 467 cm³/mol. The number of benzene rings is 2. The SMILES string of the molecule is C=CCOC(=O)CCC(NC(=O)C(CCCCN=C(CC(C)C)C1=C(O)CC(C)(C)CC1=O)NC(=O)OCC1c2ccccc2-c2ccccc21)C(=O)N[C@@H](C)C(=O)NC(CCC(=O)OCC=C)C(=O)N[C@@H](CC(=O)OC(C)(C)C)C(=O)NC(C(=O)N[C@H](C(=O)NC(C(=O)NCC(=O)SCCC(=O)OCC)[C@@H](C)OC(C)(C)C)C(C)OC(C)(C)C)[C@H](C)CC. The van der Waals surface area contributed by atoms with Crippen molar-refractivity contribution in [2.45, 2.75) is 298 Å². The Hall–Kier alpha value is -10.3. The van der Waals surface area contributed by atoms with Crippen LogP contribution < -0.4 is 47.9 Å². The second-order valence-electron chi connectivity index (χ2n) is 35.1. The molecule has 0 bridgehead atoms. The van der Waals surface area contributed by atoms with Crippen molar-refractivity contribution in [1.29, 1.82) is 0 Å². The summed E-state index contributed by atoms with van der Waals surface area (Å²) in [5.74, 6) is -12.8. The van der Waals surface area contributed by atoms with Crippen LogP contribution in [0.1, 0.15) is 232 Å². The van der Waals surface area contributed by atoms with Crippen molar-refractivity contribution in [3.8, 4) is 11.1 Å². The van der Waals surface area contributed by atoms with Gasteiger partial charge in [0.1, 0.15) is 79.5 Å². The van der Waals surface area contributed by atoms with E-state index in [1.165, 1.54) is 32.9 Å². The van der Waals surface area contributed by atoms with E-state index in [1.807, 2.05) is 76.2 Å². The number of carbonyl (C=O) groups excluding carboxylic acids is 15. The van der Waals surface area contributed by atoms with E-state index in [4.69, 9.17) is 38.2 Å². The molecule has 11 atom stereocenters. The summed E-state index contributed by atoms with van der Waals surface area (Å²) < 4.78 is 39.2. The van der Waals surface area contributed by atoms with Crippen molar-refractivity contribution >= 4 is 106 Å². The predicted octanol–water partition coefficient (Wildman–Crippen LogP) is 8.70. The van der Waals surface area contributed by atoms with Crippen LogP contribution in [0.15, 0.2) is 90.2 Å². The molecule has 2 aromatic carbocycles. The van der Waals surface area contributed by atoms with Crippen LogP contribution in [0.3, 0.4) is 0 Å². The summed E-state index contributed by atoms with van der Waals surface area (Å²) in [7, 11) is 0. The quantitative estimate of drug-likeness (QED) is 0.00972. The average Bonchev–Trinajstić information content (AvgIpc) is 1.65. The first-order valence-electron chi connectivity index (χ1n) is 42.4. The Morgan fingerprint density at radius 3 is 1.52 bits per heavy atom. The van der Waals surface area contributed by atoms with Crippen molar-refractivity contribution in [1.82, 2.24) is 47.9 Å². The number of ketones is 1. The monoisotopic (exact) mass is 1750 g/mol. The van der Waals surface area contributed by atoms with Crippen LogP contribution in [0, 0.1) is 17.3 Å². The van der Waals surface area contributed by atoms with Crippen LogP contribution in [0.5, 0.6) is 0 Å². The number of esters is 4. The number of aliphatic hydroxyl groups is 1. The van der Waals surface area contributed by atoms with Gasteiger partial charge >= 0.3 is 30.0 Å². The highest BCUT2D eigenvalue weighted by Gasteiger charge is 2.42. The zero-order valence-corrected chi connectivity index (χ0v) is 76.4. The van der Waals surface area contributed by atoms with E-state index in [0.717, 1.165) is 34.0 Å². The van der Waals surface area contributed by atoms with E-state index >= 15 is 9.59 Å². The van der Waals surface area contributed by atoms with Gasteiger partial charge < -0.3 is 86.1 Å². The molecule has 124 heavy (non-hydrogen) atoms. The third-order valence-corrected chi connectivity index (χ3v) is 20.5. The number of rotatable bonds is 50. The summed E-state index contributed by atoms with van der Waals surface area (Å²) in [6.45, 7) is 38.0. The molecular formula is C90H134N10O23S. The zero-order valence-electron chi connectivity index (χ0n) is 75.6. The molecule has 0 heterocycles. The second-order valence-corrected chi connectivity index (χ2v) is 36.3. The summed E-state index contributed by atoms with van der Waals surface area (Å²) >= 11 is 0.785. The molecule has 688 valence electrons. The molecule has 10 N–H and O–H groups in total. The van der Waals surface area contributed by atoms with Crippen molar-refractivity contribution < 1.29 is 110 Å². The van der Waals surface area contributed by atoms with Gasteiger partial charge in [-0.25, -0.2) is 4.79 Å². The van der Waals surface area contributed by atoms with Crippen LogP contribution in [0.2, 0.25) is 0 Å². The maximum atomic E-state index is 15.0. The molecule has 0 spiro atoms. The third-order valence-electron chi connectivity index (χ3n) is 19.6. The maximum absolute atomic E-state index is 15.0. The molecule has 0 radical (unpaired) electrons. The van der Waals surface area contributed by atoms with Gasteiger partial charge in [-0.1, -0.05) is 134 Å². The molecule has 0 saturated heterocycles. The Balaban J connectivity index is 1.71. The number of hydrogen-bond acceptors (Lipinski definition) is 25. The molecule has 9 amide bonds. The highest BCUT2D eigenvalue weighted by Crippen LogP contribution is 2.45. The van der Waals surface area contributed by atoms with Gasteiger partial charge in [-0.15, -0.1) is 0 Å². The highest BCUT2D eigenvalue weighted by atomic mass is 32.2. The van der Waals surface area contributed by atoms with Gasteiger partial charge in [-0.3, -0.25) is 72.1 Å². The number of nitrogens with one attached hydrogen (secondary N) is 9. The molecule has 33 nitrogen and oxygen atoms in total. The van der Waals surface area contributed by atoms with E-state index in [2.05, 4.69) is 61.0 Å². The molecule has 0 fully saturated rings. The van der Waals surface area contributed by atoms with Gasteiger partial charge in [-0.2, -0.15) is 0 Å². The number of allylic oxidation sites excluding steroid dienone is 2. The number of fused-ring (bicyclic) bond motifs is 3. The van der Waals surface area contributed by atoms with Crippen molar-refractivity contribution in [3.05, 3.63) is 96.3 Å². The minimum Gasteiger partial charge on any atom is -0.511 e. The molecule has 2 aromatic rings. The summed E-state index contributed by atoms with van der Waals surface area (Å²) in [4.78, 5) is 216. The highest BCUT2D eigenvalue weighted by molar-refractivity contribution is 8.13. The number of aliphatic hydroxyl groups excluding tert-OH is 1. The zero-order chi connectivity index (χ0) is 93.1. The fourth-order valence-electron chi connectivity index (χ4n) is 13.8. The Morgan fingerprint density at radius 1 is 0.540 bits per heavy atom. The maximum Gasteiger partial charge on any atom is 0.407 e. The molecule has 0 saturated carbocycles. The summed E-state index contributed by atoms with van der Waals surface area (Å²) in [6, 6.07) is 2.13. The lowest BCUT2D eigenvalue weighted by atomic mass is 9.75. The van der Waals surface area contributed by atoms with Gasteiger partial charge in [0.2, 0.25) is 52.4 Å². The molecule has 6 unspecified atom stereocenters. The van der Waals surface area contributed by atoms with E-state index in [-0.39, 0.29) is 106 Å². The lowest BCUT2D eigenvalue weighted by molar-refractivity contribution is -0.157. The molecular weight excluding hydrogens is 1620 g/mol. The second kappa shape index (κ2) is 50.6. The number of carbonyl (C=O) groups is 15. The number of unbranched alkanes of at least 4 members (excludes halogenated alkanes) is 1. The number of amides is 9. The van der Waals surface area contributed by atoms with E-state index in [9.17, 15) is 67.4 Å². The molecule has 2 aliphatic rings. The fourth-order valence-corrected chi connectivity index (χ4v) is 14.4. The number of Topliss-reactive ketones (excluding diaryl/α,β-unsaturated/α-hetero) is 1. The largest absolute Gasteiger partial charge is 0.511 e. The smallest absolute Gasteiger partial charge is 0.407 e. The van der Waals surface area contributed by atoms with Crippen molar-refractivity contribution in [2.75, 3.05) is 45.3 Å². The van der Waals surface area contributed by atoms with Gasteiger partial charge in [0, 0.05) is 49.6 Å². The first kappa shape index (κ1) is 106. The summed E-state index contributed by atoms with van der Waals surface area (Å²) in [5.41, 5.74) is 0.944. The first-order valence-corrected chi connectivity index (χ1v) is 43.4. The number of hydrogen-bond donors (Lipinski definition) is 10. The molecule has 0 aliphatic heterocycles. The van der Waals surface area contributed by atoms with E-state index < -0.39 is 210 Å². The molecule has 4 rings (SSSR count). The number of aliphatic imine (C=N–C) groups is 1. The Morgan fingerprint density at radius 2 is 1.02 bits per heavy atom. The lowest BCUT2D eigenvalue weighted by Crippen LogP contribution is -2.64. The summed E-state index contributed by atoms with van der Waals surface area (Å²) in [6.07, 6.45) is -2.19. The topological polar surface area (TPSA) is 462 Å². The van der Waals surface area contributed by atoms with Crippen LogP contribution in [-0.2, 0) is 100 Å². The Kier molecular flexibility index (Phi) is 43.2. The third kappa shape index (κ3) is 37.2. The van der Waals surface area contributed by atoms with Gasteiger partial charge in [-0.05, 0) is 168 Å². The molecule has 34 heteroatoms. The standard InChI is InChI=1S/C90H134N10O23S/c1-22-43-118-69(103)39-37-63(95-80(110)62(36-30-31-42-91-65(46-52(5)6)74-67(101)48-90(20,21)49-68(74)102)97-86(116)120-51-61-59-34-28-26-32-57(59)58-33-27-29-35-60(58)61)79(109)93-54(8)78(108)94-64(38-40-70(104)119-44-23-2)81(111)96-66(47-72(106)123-89(17,18)19)82(112)98-75(53(7)24-3)84(114)100-77(56(10)122-88(14,15)16)85(115)99-76(55(9)121-87(11,12)13)83(113)92-50-73(107)124-45-41-71(105)117-25-4/h22-23,26-29,32-35,52-56,61-64,66,75-77,101H,1-2,24-25,30-31,36-51H2,3-21H3,(H,92,113)(H,93,109)(H,94,108)(H,95,110)(H,96,111)(H,97,116)(H,98,112)(H,99,115)(H,100,114)/t53-,54+,55-,56?,62?,63?,64?,66+,75?,76?,77+/m1/s1. The first-order chi connectivity index (χ1) is 58.0. The van der Waals surface area contributed by atoms with Crippen LogP contribution in [0.4, 0.5) is 4.79 Å². The number of ether oxygens (including phenoxy) is 7. The number of nitrogens with zero attached hydrogens (tertiary/aromatic N) is 1. The Labute approximate surface area is 733 Å².